The molecule has 2 unspecified atom stereocenters. The molecule has 4 aromatic rings. The highest BCUT2D eigenvalue weighted by atomic mass is 79.9. The van der Waals surface area contributed by atoms with Crippen LogP contribution in [0.15, 0.2) is 77.8 Å². The van der Waals surface area contributed by atoms with Crippen molar-refractivity contribution >= 4 is 71.8 Å². The van der Waals surface area contributed by atoms with E-state index in [9.17, 15) is 16.8 Å². The highest BCUT2D eigenvalue weighted by molar-refractivity contribution is 9.10. The first-order valence-electron chi connectivity index (χ1n) is 21.5. The number of rotatable bonds is 12. The second-order valence-corrected chi connectivity index (χ2v) is 23.1. The van der Waals surface area contributed by atoms with E-state index >= 15 is 0 Å². The van der Waals surface area contributed by atoms with Crippen LogP contribution in [-0.2, 0) is 29.4 Å². The summed E-state index contributed by atoms with van der Waals surface area (Å²) >= 11 is 15.6. The van der Waals surface area contributed by atoms with Gasteiger partial charge in [0.2, 0.25) is 20.0 Å². The number of pyridine rings is 2. The van der Waals surface area contributed by atoms with E-state index in [0.29, 0.717) is 27.1 Å². The average molecular weight is 1010 g/mol. The molecule has 3 heterocycles. The number of hydrogen-bond donors (Lipinski definition) is 2. The molecule has 2 N–H and O–H groups in total. The van der Waals surface area contributed by atoms with Crippen LogP contribution in [0, 0.1) is 34.5 Å². The molecule has 1 saturated heterocycles. The van der Waals surface area contributed by atoms with E-state index in [-0.39, 0.29) is 40.7 Å². The first-order chi connectivity index (χ1) is 30.2. The predicted molar refractivity (Wildman–Crippen MR) is 258 cm³/mol. The second-order valence-electron chi connectivity index (χ2n) is 17.3. The van der Waals surface area contributed by atoms with Gasteiger partial charge in [-0.3, -0.25) is 9.97 Å². The molecule has 12 nitrogen and oxygen atoms in total. The van der Waals surface area contributed by atoms with Gasteiger partial charge in [-0.2, -0.15) is 10.5 Å². The maximum Gasteiger partial charge on any atom is 0.494 e. The summed E-state index contributed by atoms with van der Waals surface area (Å²) in [5, 5.41) is 18.7. The number of nitrogens with one attached hydrogen (secondary N) is 2. The smallest absolute Gasteiger partial charge is 0.399 e. The number of sulfonamides is 2. The first kappa shape index (κ1) is 51.6. The van der Waals surface area contributed by atoms with Crippen molar-refractivity contribution in [2.24, 2.45) is 11.8 Å². The fourth-order valence-corrected chi connectivity index (χ4v) is 10.5. The maximum absolute atomic E-state index is 12.2. The molecular weight excluding hydrogens is 958 g/mol. The molecule has 1 aliphatic heterocycles. The van der Waals surface area contributed by atoms with Crippen LogP contribution in [-0.4, -0.2) is 56.6 Å². The van der Waals surface area contributed by atoms with E-state index in [1.54, 1.807) is 62.9 Å². The van der Waals surface area contributed by atoms with Crippen molar-refractivity contribution in [3.05, 3.63) is 110 Å². The van der Waals surface area contributed by atoms with Crippen LogP contribution in [0.3, 0.4) is 0 Å². The van der Waals surface area contributed by atoms with Gasteiger partial charge in [-0.15, -0.1) is 0 Å². The summed E-state index contributed by atoms with van der Waals surface area (Å²) in [7, 11) is -6.99. The summed E-state index contributed by atoms with van der Waals surface area (Å²) in [5.41, 5.74) is 4.44. The van der Waals surface area contributed by atoms with E-state index in [4.69, 9.17) is 43.0 Å². The Labute approximate surface area is 398 Å². The summed E-state index contributed by atoms with van der Waals surface area (Å²) in [5.74, 6) is 0.803. The summed E-state index contributed by atoms with van der Waals surface area (Å²) in [6.07, 6.45) is 15.7. The minimum Gasteiger partial charge on any atom is -0.399 e. The summed E-state index contributed by atoms with van der Waals surface area (Å²) in [6, 6.07) is 18.0. The van der Waals surface area contributed by atoms with Gasteiger partial charge in [-0.25, -0.2) is 26.3 Å². The second kappa shape index (κ2) is 22.4. The molecule has 2 saturated carbocycles. The van der Waals surface area contributed by atoms with Crippen LogP contribution >= 0.6 is 39.1 Å². The number of aromatic nitrogens is 2. The van der Waals surface area contributed by atoms with Gasteiger partial charge in [-0.05, 0) is 154 Å². The number of benzene rings is 2. The summed E-state index contributed by atoms with van der Waals surface area (Å²) in [6.45, 7) is 11.3. The molecule has 0 amide bonds. The zero-order valence-corrected chi connectivity index (χ0v) is 41.8. The molecule has 2 atom stereocenters. The minimum atomic E-state index is -3.33. The lowest BCUT2D eigenvalue weighted by Crippen LogP contribution is -2.41. The van der Waals surface area contributed by atoms with Gasteiger partial charge in [0.15, 0.2) is 0 Å². The molecule has 0 radical (unpaired) electrons. The van der Waals surface area contributed by atoms with Crippen molar-refractivity contribution in [2.45, 2.75) is 116 Å². The average Bonchev–Trinajstić information content (AvgIpc) is 4.05. The highest BCUT2D eigenvalue weighted by Crippen LogP contribution is 2.39. The van der Waals surface area contributed by atoms with E-state index in [2.05, 4.69) is 35.3 Å². The monoisotopic (exact) mass is 1010 g/mol. The van der Waals surface area contributed by atoms with Crippen molar-refractivity contribution in [3.63, 3.8) is 0 Å². The molecule has 0 spiro atoms. The Kier molecular flexibility index (Phi) is 18.0. The Morgan fingerprint density at radius 2 is 1.16 bits per heavy atom. The van der Waals surface area contributed by atoms with Gasteiger partial charge in [0.25, 0.3) is 0 Å². The minimum absolute atomic E-state index is 0.0502. The van der Waals surface area contributed by atoms with Gasteiger partial charge >= 0.3 is 7.12 Å². The van der Waals surface area contributed by atoms with Gasteiger partial charge < -0.3 is 9.31 Å². The topological polar surface area (TPSA) is 184 Å². The molecule has 3 aliphatic rings. The third kappa shape index (κ3) is 13.6. The molecular formula is C46H56BBrCl2N6O6S2. The van der Waals surface area contributed by atoms with Crippen LogP contribution in [0.5, 0.6) is 0 Å². The standard InChI is InChI=1S/C20H22ClN3O2S.C13H15BClNO2.C13H19BrN2O2S/c1-2-27(25,26)24-20(14-5-3-4-6-14)18-9-17(12-23-13-18)15-7-8-16(11-22)19(21)10-15;1-12(2)13(3,4)18-14(17-12)10-6-5-9(8-16)11(15)7-10;1-2-19(17,18)16-13(10-5-3-4-6-10)11-7-12(14)9-15-8-11/h7-10,12-14,20,24H,2-6H2,1H3;5-7H,1-4H3;7-10,13,16H,2-6H2,1H3. The lowest BCUT2D eigenvalue weighted by molar-refractivity contribution is 0.00578. The highest BCUT2D eigenvalue weighted by Gasteiger charge is 2.51. The van der Waals surface area contributed by atoms with E-state index in [1.165, 1.54) is 12.8 Å². The molecule has 0 bridgehead atoms. The van der Waals surface area contributed by atoms with Crippen LogP contribution in [0.2, 0.25) is 10.0 Å². The molecule has 342 valence electrons. The van der Waals surface area contributed by atoms with Crippen LogP contribution in [0.4, 0.5) is 0 Å². The number of nitriles is 2. The molecule has 3 fully saturated rings. The predicted octanol–water partition coefficient (Wildman–Crippen LogP) is 9.97. The van der Waals surface area contributed by atoms with Crippen molar-refractivity contribution in [2.75, 3.05) is 11.5 Å². The molecule has 2 aromatic carbocycles. The SMILES string of the molecule is CC1(C)OB(c2ccc(C#N)c(Cl)c2)OC1(C)C.CCS(=O)(=O)NC(c1cncc(-c2ccc(C#N)c(Cl)c2)c1)C1CCCC1.CCS(=O)(=O)NC(c1cncc(Br)c1)C1CCCC1. The summed E-state index contributed by atoms with van der Waals surface area (Å²) in [4.78, 5) is 8.49. The molecule has 2 aliphatic carbocycles. The fraction of sp³-hybridized carbons (Fsp3) is 0.478. The maximum atomic E-state index is 12.2. The van der Waals surface area contributed by atoms with Gasteiger partial charge in [0.05, 0.1) is 56.0 Å². The Balaban J connectivity index is 0.000000186. The fourth-order valence-electron chi connectivity index (χ4n) is 7.93. The lowest BCUT2D eigenvalue weighted by atomic mass is 9.79. The zero-order chi connectivity index (χ0) is 46.9. The van der Waals surface area contributed by atoms with Gasteiger partial charge in [0, 0.05) is 34.8 Å². The molecule has 7 rings (SSSR count). The number of halogens is 3. The van der Waals surface area contributed by atoms with Crippen molar-refractivity contribution in [1.82, 2.24) is 19.4 Å². The van der Waals surface area contributed by atoms with E-state index in [0.717, 1.165) is 70.7 Å². The normalized spacial score (nSPS) is 18.2. The largest absolute Gasteiger partial charge is 0.494 e. The lowest BCUT2D eigenvalue weighted by Gasteiger charge is -2.32. The van der Waals surface area contributed by atoms with Crippen LogP contribution in [0.1, 0.15) is 127 Å². The van der Waals surface area contributed by atoms with Gasteiger partial charge in [-0.1, -0.05) is 61.0 Å². The van der Waals surface area contributed by atoms with Crippen LogP contribution < -0.4 is 14.9 Å². The Morgan fingerprint density at radius 3 is 1.59 bits per heavy atom. The summed E-state index contributed by atoms with van der Waals surface area (Å²) < 4.78 is 66.6. The Hall–Kier alpha value is -3.42. The molecule has 64 heavy (non-hydrogen) atoms. The quantitative estimate of drug-likeness (QED) is 0.130. The number of hydrogen-bond acceptors (Lipinski definition) is 10. The Bertz CT molecular complexity index is 2550. The van der Waals surface area contributed by atoms with Gasteiger partial charge in [0.1, 0.15) is 12.1 Å². The van der Waals surface area contributed by atoms with E-state index in [1.807, 2.05) is 64.1 Å². The first-order valence-corrected chi connectivity index (χ1v) is 26.4. The molecule has 2 aromatic heterocycles. The van der Waals surface area contributed by atoms with Crippen molar-refractivity contribution in [3.8, 4) is 23.3 Å². The van der Waals surface area contributed by atoms with Crippen molar-refractivity contribution < 1.29 is 26.1 Å². The van der Waals surface area contributed by atoms with Crippen molar-refractivity contribution in [1.29, 1.82) is 10.5 Å². The molecule has 18 heteroatoms. The third-order valence-electron chi connectivity index (χ3n) is 12.4. The zero-order valence-electron chi connectivity index (χ0n) is 37.1. The van der Waals surface area contributed by atoms with E-state index < -0.39 is 27.2 Å². The van der Waals surface area contributed by atoms with Crippen LogP contribution in [0.25, 0.3) is 11.1 Å². The number of nitrogens with zero attached hydrogens (tertiary/aromatic N) is 4. The third-order valence-corrected chi connectivity index (χ3v) is 16.2. The Morgan fingerprint density at radius 1 is 0.703 bits per heavy atom.